The lowest BCUT2D eigenvalue weighted by atomic mass is 10.1. The van der Waals surface area contributed by atoms with Crippen LogP contribution in [0.2, 0.25) is 0 Å². The second-order valence-corrected chi connectivity index (χ2v) is 27.1. The van der Waals surface area contributed by atoms with Crippen LogP contribution >= 0.6 is 0 Å². The zero-order valence-electron chi connectivity index (χ0n) is 57.2. The van der Waals surface area contributed by atoms with Crippen molar-refractivity contribution in [3.8, 4) is 0 Å². The molecule has 0 radical (unpaired) electrons. The lowest BCUT2D eigenvalue weighted by Gasteiger charge is -2.30. The monoisotopic (exact) mass is 1350 g/mol. The van der Waals surface area contributed by atoms with Crippen LogP contribution in [0.5, 0.6) is 0 Å². The largest absolute Gasteiger partial charge is 0.337 e. The molecule has 21 nitrogen and oxygen atoms in total. The van der Waals surface area contributed by atoms with Gasteiger partial charge in [-0.15, -0.1) is 0 Å². The van der Waals surface area contributed by atoms with Crippen molar-refractivity contribution >= 4 is 103 Å². The number of aromatic nitrogens is 11. The molecule has 23 rings (SSSR count). The first-order valence-corrected chi connectivity index (χ1v) is 35.1. The zero-order valence-corrected chi connectivity index (χ0v) is 57.2. The third-order valence-corrected chi connectivity index (χ3v) is 21.2. The number of likely N-dealkylation sites (N-methyl/N-ethyl adjacent to an activating group) is 1. The summed E-state index contributed by atoms with van der Waals surface area (Å²) >= 11 is 0. The Kier molecular flexibility index (Phi) is 14.9. The summed E-state index contributed by atoms with van der Waals surface area (Å²) in [7, 11) is 2.10. The van der Waals surface area contributed by atoms with Gasteiger partial charge in [0.2, 0.25) is 0 Å². The molecule has 0 bridgehead atoms. The molecule has 5 atom stereocenters. The summed E-state index contributed by atoms with van der Waals surface area (Å²) in [6, 6.07) is 68.3. The maximum atomic E-state index is 4.59. The van der Waals surface area contributed by atoms with Crippen LogP contribution in [0.1, 0.15) is 47.2 Å². The van der Waals surface area contributed by atoms with E-state index in [-0.39, 0.29) is 18.5 Å². The average molecular weight is 1350 g/mol. The van der Waals surface area contributed by atoms with Gasteiger partial charge in [0.15, 0.2) is 29.1 Å². The lowest BCUT2D eigenvalue weighted by Crippen LogP contribution is -2.43. The molecule has 0 spiro atoms. The summed E-state index contributed by atoms with van der Waals surface area (Å²) in [4.78, 5) is 71.4. The van der Waals surface area contributed by atoms with Crippen molar-refractivity contribution in [2.45, 2.75) is 89.7 Å². The Balaban J connectivity index is 0.0000000892. The predicted molar refractivity (Wildman–Crippen MR) is 405 cm³/mol. The third-order valence-electron chi connectivity index (χ3n) is 21.2. The van der Waals surface area contributed by atoms with Crippen LogP contribution < -0.4 is 49.0 Å². The number of pyridine rings is 1. The smallest absolute Gasteiger partial charge is 0.163 e. The molecule has 0 N–H and O–H groups in total. The number of rotatable bonds is 4. The number of anilines is 18. The first kappa shape index (κ1) is 61.2. The Bertz CT molecular complexity index is 5180. The van der Waals surface area contributed by atoms with E-state index in [2.05, 4.69) is 302 Å². The van der Waals surface area contributed by atoms with Crippen molar-refractivity contribution in [2.24, 2.45) is 0 Å². The lowest BCUT2D eigenvalue weighted by molar-refractivity contribution is 0.585. The topological polar surface area (TPSA) is 174 Å². The molecule has 6 aromatic heterocycles. The van der Waals surface area contributed by atoms with Gasteiger partial charge in [0.1, 0.15) is 96.7 Å². The molecule has 7 aromatic carbocycles. The molecule has 0 amide bonds. The van der Waals surface area contributed by atoms with Gasteiger partial charge in [0.05, 0.1) is 31.0 Å². The second-order valence-electron chi connectivity index (χ2n) is 27.1. The summed E-state index contributed by atoms with van der Waals surface area (Å²) in [5.41, 5.74) is 22.4. The Morgan fingerprint density at radius 3 is 1.10 bits per heavy atom. The van der Waals surface area contributed by atoms with Gasteiger partial charge >= 0.3 is 0 Å². The molecule has 0 fully saturated rings. The maximum Gasteiger partial charge on any atom is 0.163 e. The first-order valence-electron chi connectivity index (χ1n) is 35.1. The van der Waals surface area contributed by atoms with Gasteiger partial charge < -0.3 is 44.1 Å². The van der Waals surface area contributed by atoms with Gasteiger partial charge in [-0.1, -0.05) is 133 Å². The molecule has 103 heavy (non-hydrogen) atoms. The maximum absolute atomic E-state index is 4.59. The highest BCUT2D eigenvalue weighted by molar-refractivity contribution is 5.92. The molecule has 10 aliphatic rings. The number of nitrogens with zero attached hydrogens (tertiary/aromatic N) is 21. The fraction of sp³-hybridized carbons (Fsp3) is 0.183. The SMILES string of the molecule is CC(C)N1c2ncncc2N2c3ccccc3CC21.CN1c2ncncc2N2c3ccccc3CC12.Cc1ccccc1N1c2ncncc2N2c3ccccc3CC21.c1ccc(N2c3ncncc3N3c4ccccc4CC32)cc1.c1ccc(N2c3ncncc3N3c4ccccc4CC32)nc1. The molecule has 13 aromatic rings. The van der Waals surface area contributed by atoms with Crippen LogP contribution in [0.4, 0.5) is 103 Å². The van der Waals surface area contributed by atoms with Gasteiger partial charge in [-0.05, 0) is 115 Å². The Morgan fingerprint density at radius 2 is 0.631 bits per heavy atom. The van der Waals surface area contributed by atoms with Gasteiger partial charge in [-0.2, -0.15) is 0 Å². The number of hydrogen-bond acceptors (Lipinski definition) is 21. The van der Waals surface area contributed by atoms with Gasteiger partial charge in [-0.25, -0.2) is 54.8 Å². The van der Waals surface area contributed by atoms with Crippen molar-refractivity contribution in [2.75, 3.05) is 56.0 Å². The minimum atomic E-state index is 0.180. The highest BCUT2D eigenvalue weighted by Gasteiger charge is 2.49. The van der Waals surface area contributed by atoms with Crippen LogP contribution in [0, 0.1) is 6.92 Å². The predicted octanol–water partition coefficient (Wildman–Crippen LogP) is 15.3. The van der Waals surface area contributed by atoms with E-state index in [1.54, 1.807) is 31.6 Å². The normalized spacial score (nSPS) is 18.7. The Hall–Kier alpha value is -12.9. The quantitative estimate of drug-likeness (QED) is 0.163. The molecule has 10 aliphatic heterocycles. The summed E-state index contributed by atoms with van der Waals surface area (Å²) in [6.07, 6.45) is 25.9. The summed E-state index contributed by atoms with van der Waals surface area (Å²) in [5, 5.41) is 0. The third kappa shape index (κ3) is 9.99. The molecule has 0 saturated heterocycles. The average Bonchev–Trinajstić information content (AvgIpc) is 1.61. The van der Waals surface area contributed by atoms with E-state index in [1.807, 2.05) is 61.4 Å². The highest BCUT2D eigenvalue weighted by atomic mass is 15.5. The molecule has 0 aliphatic carbocycles. The minimum absolute atomic E-state index is 0.180. The van der Waals surface area contributed by atoms with Crippen LogP contribution in [0.25, 0.3) is 0 Å². The van der Waals surface area contributed by atoms with E-state index in [0.717, 1.165) is 95.4 Å². The Labute approximate surface area is 597 Å². The van der Waals surface area contributed by atoms with E-state index in [9.17, 15) is 0 Å². The van der Waals surface area contributed by atoms with E-state index >= 15 is 0 Å². The van der Waals surface area contributed by atoms with Crippen LogP contribution in [0.3, 0.4) is 0 Å². The highest BCUT2D eigenvalue weighted by Crippen LogP contribution is 2.56. The Morgan fingerprint density at radius 1 is 0.291 bits per heavy atom. The van der Waals surface area contributed by atoms with Crippen LogP contribution in [-0.2, 0) is 32.1 Å². The summed E-state index contributed by atoms with van der Waals surface area (Å²) in [5.74, 6) is 5.91. The van der Waals surface area contributed by atoms with E-state index in [1.165, 1.54) is 73.2 Å². The molecule has 0 saturated carbocycles. The number of para-hydroxylation sites is 7. The number of hydrogen-bond donors (Lipinski definition) is 0. The number of fused-ring (bicyclic) bond motifs is 25. The standard InChI is InChI=1S/C19H16N4.C18H14N4.C17H13N5.C15H16N4.C13H12N4/c1-13-6-2-4-8-15(13)23-18-10-14-7-3-5-9-16(14)22(18)17-11-20-12-21-19(17)23;1-2-7-14(8-3-1)21-17-10-13-6-4-5-9-15(13)22(17)16-11-19-12-20-18(16)21;1-2-6-13-12(5-1)9-16-21(13)14-10-18-11-20-17(14)22(16)15-7-3-4-8-19-15;1-10(2)18-14-7-11-5-3-4-6-12(11)19(14)13-8-16-9-17-15(13)18;1-16-12-6-9-4-2-3-5-10(9)17(12)11-7-14-8-15-13(11)16/h2-9,11-12,18H,10H2,1H3;1-9,11-12,17H,10H2;1-8,10-11,16H,9H2;3-6,8-10,14H,7H2,1-2H3;2-5,7-8,12H,6H2,1H3. The van der Waals surface area contributed by atoms with Gasteiger partial charge in [0.25, 0.3) is 0 Å². The summed E-state index contributed by atoms with van der Waals surface area (Å²) in [6.45, 7) is 6.59. The van der Waals surface area contributed by atoms with Crippen molar-refractivity contribution in [1.82, 2.24) is 54.8 Å². The van der Waals surface area contributed by atoms with E-state index in [0.29, 0.717) is 18.4 Å². The minimum Gasteiger partial charge on any atom is -0.337 e. The second kappa shape index (κ2) is 25.1. The first-order chi connectivity index (χ1) is 50.8. The number of benzene rings is 7. The molecular formula is C82H71N21. The van der Waals surface area contributed by atoms with Crippen molar-refractivity contribution in [1.29, 1.82) is 0 Å². The fourth-order valence-corrected chi connectivity index (χ4v) is 16.9. The molecule has 5 unspecified atom stereocenters. The fourth-order valence-electron chi connectivity index (χ4n) is 16.9. The molecule has 504 valence electrons. The summed E-state index contributed by atoms with van der Waals surface area (Å²) < 4.78 is 0. The molecule has 21 heteroatoms. The van der Waals surface area contributed by atoms with Crippen LogP contribution in [0.15, 0.2) is 263 Å². The van der Waals surface area contributed by atoms with E-state index in [4.69, 9.17) is 0 Å². The molecular weight excluding hydrogens is 1280 g/mol. The molecule has 16 heterocycles. The number of aryl methyl sites for hydroxylation is 1. The van der Waals surface area contributed by atoms with Gasteiger partial charge in [0, 0.05) is 91.2 Å². The van der Waals surface area contributed by atoms with E-state index < -0.39 is 0 Å². The van der Waals surface area contributed by atoms with Crippen molar-refractivity contribution < 1.29 is 0 Å². The zero-order chi connectivity index (χ0) is 68.8. The van der Waals surface area contributed by atoms with Gasteiger partial charge in [-0.3, -0.25) is 4.90 Å². The van der Waals surface area contributed by atoms with Crippen molar-refractivity contribution in [3.05, 3.63) is 296 Å². The van der Waals surface area contributed by atoms with Crippen LogP contribution in [-0.4, -0.2) is 98.7 Å². The van der Waals surface area contributed by atoms with Crippen molar-refractivity contribution in [3.63, 3.8) is 0 Å².